The molecular weight excluding hydrogens is 256 g/mol. The molecule has 1 amide bonds. The molecule has 3 nitrogen and oxygen atoms in total. The maximum atomic E-state index is 11.6. The zero-order valence-corrected chi connectivity index (χ0v) is 10.3. The summed E-state index contributed by atoms with van der Waals surface area (Å²) in [5.41, 5.74) is 2.95. The normalized spacial score (nSPS) is 19.9. The van der Waals surface area contributed by atoms with Crippen LogP contribution in [0.15, 0.2) is 16.6 Å². The van der Waals surface area contributed by atoms with Crippen molar-refractivity contribution in [1.82, 2.24) is 0 Å². The molecule has 0 spiro atoms. The van der Waals surface area contributed by atoms with Gasteiger partial charge in [0.1, 0.15) is 0 Å². The van der Waals surface area contributed by atoms with Gasteiger partial charge in [-0.3, -0.25) is 4.79 Å². The van der Waals surface area contributed by atoms with E-state index >= 15 is 0 Å². The monoisotopic (exact) mass is 268 g/mol. The van der Waals surface area contributed by atoms with E-state index in [-0.39, 0.29) is 11.8 Å². The second-order valence-electron chi connectivity index (χ2n) is 3.94. The summed E-state index contributed by atoms with van der Waals surface area (Å²) in [5, 5.41) is 6.19. The van der Waals surface area contributed by atoms with Crippen molar-refractivity contribution in [3.05, 3.63) is 22.2 Å². The van der Waals surface area contributed by atoms with Gasteiger partial charge >= 0.3 is 0 Å². The predicted molar refractivity (Wildman–Crippen MR) is 65.2 cm³/mol. The fourth-order valence-corrected chi connectivity index (χ4v) is 2.34. The first-order chi connectivity index (χ1) is 7.08. The minimum absolute atomic E-state index is 0.00962. The Balaban J connectivity index is 2.47. The van der Waals surface area contributed by atoms with Gasteiger partial charge in [0.25, 0.3) is 0 Å². The van der Waals surface area contributed by atoms with Crippen LogP contribution in [0.2, 0.25) is 0 Å². The number of hydrogen-bond acceptors (Lipinski definition) is 2. The molecule has 2 N–H and O–H groups in total. The van der Waals surface area contributed by atoms with E-state index in [0.29, 0.717) is 6.54 Å². The molecule has 80 valence electrons. The maximum Gasteiger partial charge on any atom is 0.229 e. The van der Waals surface area contributed by atoms with Crippen LogP contribution in [0, 0.1) is 12.8 Å². The van der Waals surface area contributed by atoms with E-state index in [9.17, 15) is 4.79 Å². The molecule has 1 atom stereocenters. The summed E-state index contributed by atoms with van der Waals surface area (Å²) < 4.78 is 0.993. The molecule has 0 saturated carbocycles. The number of benzene rings is 1. The second kappa shape index (κ2) is 3.85. The van der Waals surface area contributed by atoms with Gasteiger partial charge in [0.15, 0.2) is 0 Å². The van der Waals surface area contributed by atoms with Crippen molar-refractivity contribution in [2.75, 3.05) is 17.2 Å². The number of carbonyl (C=O) groups is 1. The molecule has 1 aliphatic rings. The molecule has 0 fully saturated rings. The summed E-state index contributed by atoms with van der Waals surface area (Å²) >= 11 is 3.49. The number of halogens is 1. The highest BCUT2D eigenvalue weighted by molar-refractivity contribution is 9.10. The fraction of sp³-hybridized carbons (Fsp3) is 0.364. The minimum Gasteiger partial charge on any atom is -0.382 e. The third-order valence-corrected chi connectivity index (χ3v) is 3.15. The van der Waals surface area contributed by atoms with Crippen molar-refractivity contribution in [2.45, 2.75) is 13.8 Å². The molecule has 1 aromatic carbocycles. The summed E-state index contributed by atoms with van der Waals surface area (Å²) in [7, 11) is 0. The number of amides is 1. The number of hydrogen-bond donors (Lipinski definition) is 2. The summed E-state index contributed by atoms with van der Waals surface area (Å²) in [6.45, 7) is 4.58. The molecule has 0 aromatic heterocycles. The average Bonchev–Trinajstić information content (AvgIpc) is 2.27. The van der Waals surface area contributed by atoms with E-state index in [1.54, 1.807) is 0 Å². The van der Waals surface area contributed by atoms with Crippen molar-refractivity contribution >= 4 is 33.2 Å². The Hall–Kier alpha value is -1.03. The Labute approximate surface area is 97.4 Å². The smallest absolute Gasteiger partial charge is 0.229 e. The topological polar surface area (TPSA) is 41.1 Å². The van der Waals surface area contributed by atoms with Crippen molar-refractivity contribution < 1.29 is 4.79 Å². The zero-order chi connectivity index (χ0) is 11.0. The van der Waals surface area contributed by atoms with Crippen LogP contribution in [-0.2, 0) is 4.79 Å². The molecule has 0 aliphatic carbocycles. The van der Waals surface area contributed by atoms with Gasteiger partial charge in [-0.2, -0.15) is 0 Å². The Kier molecular flexibility index (Phi) is 2.69. The van der Waals surface area contributed by atoms with Crippen LogP contribution < -0.4 is 10.6 Å². The molecule has 1 aliphatic heterocycles. The first-order valence-electron chi connectivity index (χ1n) is 4.93. The second-order valence-corrected chi connectivity index (χ2v) is 4.79. The van der Waals surface area contributed by atoms with E-state index < -0.39 is 0 Å². The Morgan fingerprint density at radius 3 is 2.93 bits per heavy atom. The number of carbonyl (C=O) groups excluding carboxylic acids is 1. The molecule has 1 aromatic rings. The van der Waals surface area contributed by atoms with Crippen molar-refractivity contribution in [3.8, 4) is 0 Å². The summed E-state index contributed by atoms with van der Waals surface area (Å²) in [6.07, 6.45) is 0. The first kappa shape index (κ1) is 10.5. The highest BCUT2D eigenvalue weighted by Gasteiger charge is 2.20. The van der Waals surface area contributed by atoms with Crippen LogP contribution in [0.3, 0.4) is 0 Å². The van der Waals surface area contributed by atoms with Gasteiger partial charge in [-0.15, -0.1) is 0 Å². The van der Waals surface area contributed by atoms with Crippen molar-refractivity contribution in [2.24, 2.45) is 5.92 Å². The maximum absolute atomic E-state index is 11.6. The van der Waals surface area contributed by atoms with E-state index in [2.05, 4.69) is 26.6 Å². The average molecular weight is 269 g/mol. The van der Waals surface area contributed by atoms with Gasteiger partial charge in [-0.05, 0) is 40.5 Å². The van der Waals surface area contributed by atoms with Crippen molar-refractivity contribution in [3.63, 3.8) is 0 Å². The molecule has 0 saturated heterocycles. The third kappa shape index (κ3) is 2.00. The Morgan fingerprint density at radius 2 is 2.20 bits per heavy atom. The molecule has 15 heavy (non-hydrogen) atoms. The lowest BCUT2D eigenvalue weighted by Gasteiger charge is -2.10. The van der Waals surface area contributed by atoms with Gasteiger partial charge in [-0.1, -0.05) is 6.92 Å². The van der Waals surface area contributed by atoms with E-state index in [0.717, 1.165) is 21.4 Å². The number of anilines is 2. The highest BCUT2D eigenvalue weighted by atomic mass is 79.9. The van der Waals surface area contributed by atoms with Crippen LogP contribution in [0.1, 0.15) is 12.5 Å². The zero-order valence-electron chi connectivity index (χ0n) is 8.73. The standard InChI is InChI=1S/C11H13BrN2O/c1-6-3-8(12)10-9(4-6)14-11(15)7(2)5-13-10/h3-4,7,13H,5H2,1-2H3,(H,14,15). The Morgan fingerprint density at radius 1 is 1.47 bits per heavy atom. The number of aryl methyl sites for hydroxylation is 1. The van der Waals surface area contributed by atoms with Crippen LogP contribution in [0.4, 0.5) is 11.4 Å². The predicted octanol–water partition coefficient (Wildman–Crippen LogP) is 2.76. The van der Waals surface area contributed by atoms with Gasteiger partial charge in [0.2, 0.25) is 5.91 Å². The SMILES string of the molecule is Cc1cc(Br)c2c(c1)NC(=O)C(C)CN2. The minimum atomic E-state index is -0.00962. The quantitative estimate of drug-likeness (QED) is 0.760. The molecule has 1 heterocycles. The Bertz CT molecular complexity index is 417. The lowest BCUT2D eigenvalue weighted by molar-refractivity contribution is -0.118. The van der Waals surface area contributed by atoms with Crippen LogP contribution in [-0.4, -0.2) is 12.5 Å². The largest absolute Gasteiger partial charge is 0.382 e. The first-order valence-corrected chi connectivity index (χ1v) is 5.72. The van der Waals surface area contributed by atoms with E-state index in [4.69, 9.17) is 0 Å². The lowest BCUT2D eigenvalue weighted by atomic mass is 10.2. The summed E-state index contributed by atoms with van der Waals surface area (Å²) in [6, 6.07) is 4.01. The molecular formula is C11H13BrN2O. The van der Waals surface area contributed by atoms with Gasteiger partial charge < -0.3 is 10.6 Å². The van der Waals surface area contributed by atoms with Crippen LogP contribution in [0.25, 0.3) is 0 Å². The lowest BCUT2D eigenvalue weighted by Crippen LogP contribution is -2.22. The van der Waals surface area contributed by atoms with Gasteiger partial charge in [0, 0.05) is 11.0 Å². The highest BCUT2D eigenvalue weighted by Crippen LogP contribution is 2.34. The molecule has 1 unspecified atom stereocenters. The number of rotatable bonds is 0. The number of fused-ring (bicyclic) bond motifs is 1. The van der Waals surface area contributed by atoms with Crippen molar-refractivity contribution in [1.29, 1.82) is 0 Å². The van der Waals surface area contributed by atoms with Gasteiger partial charge in [-0.25, -0.2) is 0 Å². The summed E-state index contributed by atoms with van der Waals surface area (Å²) in [4.78, 5) is 11.6. The summed E-state index contributed by atoms with van der Waals surface area (Å²) in [5.74, 6) is 0.0587. The number of nitrogens with one attached hydrogen (secondary N) is 2. The van der Waals surface area contributed by atoms with E-state index in [1.807, 2.05) is 26.0 Å². The molecule has 4 heteroatoms. The fourth-order valence-electron chi connectivity index (χ4n) is 1.62. The van der Waals surface area contributed by atoms with Crippen LogP contribution in [0.5, 0.6) is 0 Å². The third-order valence-electron chi connectivity index (χ3n) is 2.53. The van der Waals surface area contributed by atoms with Crippen LogP contribution >= 0.6 is 15.9 Å². The van der Waals surface area contributed by atoms with E-state index in [1.165, 1.54) is 0 Å². The molecule has 2 rings (SSSR count). The molecule has 0 bridgehead atoms. The van der Waals surface area contributed by atoms with Gasteiger partial charge in [0.05, 0.1) is 17.3 Å². The molecule has 0 radical (unpaired) electrons.